The van der Waals surface area contributed by atoms with Crippen molar-refractivity contribution in [2.75, 3.05) is 13.1 Å². The van der Waals surface area contributed by atoms with Gasteiger partial charge in [-0.2, -0.15) is 0 Å². The SMILES string of the molecule is CC(C)NCC(O)CN1[C@H](C)CCC[C@@H]1C. The number of hydrogen-bond donors (Lipinski definition) is 2. The van der Waals surface area contributed by atoms with E-state index in [9.17, 15) is 5.11 Å². The number of likely N-dealkylation sites (tertiary alicyclic amines) is 1. The molecule has 1 saturated heterocycles. The Morgan fingerprint density at radius 2 is 1.81 bits per heavy atom. The van der Waals surface area contributed by atoms with Gasteiger partial charge in [-0.05, 0) is 26.7 Å². The summed E-state index contributed by atoms with van der Waals surface area (Å²) in [6.07, 6.45) is 3.63. The van der Waals surface area contributed by atoms with Crippen LogP contribution in [0.15, 0.2) is 0 Å². The minimum Gasteiger partial charge on any atom is -0.390 e. The molecule has 1 unspecified atom stereocenters. The van der Waals surface area contributed by atoms with E-state index in [1.807, 2.05) is 0 Å². The van der Waals surface area contributed by atoms with Gasteiger partial charge in [0, 0.05) is 31.2 Å². The van der Waals surface area contributed by atoms with Gasteiger partial charge in [-0.15, -0.1) is 0 Å². The first-order chi connectivity index (χ1) is 7.50. The maximum absolute atomic E-state index is 9.98. The van der Waals surface area contributed by atoms with E-state index in [0.29, 0.717) is 24.7 Å². The minimum absolute atomic E-state index is 0.245. The fourth-order valence-electron chi connectivity index (χ4n) is 2.51. The van der Waals surface area contributed by atoms with E-state index in [2.05, 4.69) is 37.9 Å². The molecule has 1 heterocycles. The smallest absolute Gasteiger partial charge is 0.0791 e. The topological polar surface area (TPSA) is 35.5 Å². The van der Waals surface area contributed by atoms with Gasteiger partial charge in [0.15, 0.2) is 0 Å². The Labute approximate surface area is 100 Å². The zero-order chi connectivity index (χ0) is 12.1. The van der Waals surface area contributed by atoms with E-state index in [1.165, 1.54) is 19.3 Å². The number of nitrogens with zero attached hydrogens (tertiary/aromatic N) is 1. The van der Waals surface area contributed by atoms with Crippen molar-refractivity contribution < 1.29 is 5.11 Å². The van der Waals surface area contributed by atoms with Crippen LogP contribution < -0.4 is 5.32 Å². The van der Waals surface area contributed by atoms with Gasteiger partial charge in [0.1, 0.15) is 0 Å². The average molecular weight is 228 g/mol. The first kappa shape index (κ1) is 13.9. The molecule has 96 valence electrons. The number of aliphatic hydroxyl groups is 1. The molecule has 16 heavy (non-hydrogen) atoms. The zero-order valence-electron chi connectivity index (χ0n) is 11.2. The molecule has 3 nitrogen and oxygen atoms in total. The lowest BCUT2D eigenvalue weighted by Gasteiger charge is -2.40. The Hall–Kier alpha value is -0.120. The highest BCUT2D eigenvalue weighted by molar-refractivity contribution is 4.81. The van der Waals surface area contributed by atoms with Crippen LogP contribution in [0.1, 0.15) is 47.0 Å². The van der Waals surface area contributed by atoms with Gasteiger partial charge in [0.25, 0.3) is 0 Å². The van der Waals surface area contributed by atoms with Crippen LogP contribution in [0.3, 0.4) is 0 Å². The molecular weight excluding hydrogens is 200 g/mol. The Bertz CT molecular complexity index is 186. The second-order valence-corrected chi connectivity index (χ2v) is 5.54. The molecule has 0 spiro atoms. The van der Waals surface area contributed by atoms with Gasteiger partial charge >= 0.3 is 0 Å². The number of aliphatic hydroxyl groups excluding tert-OH is 1. The first-order valence-electron chi connectivity index (χ1n) is 6.68. The molecule has 3 atom stereocenters. The molecule has 1 aliphatic rings. The van der Waals surface area contributed by atoms with Crippen LogP contribution >= 0.6 is 0 Å². The van der Waals surface area contributed by atoms with E-state index in [4.69, 9.17) is 0 Å². The third-order valence-corrected chi connectivity index (χ3v) is 3.56. The molecule has 0 aromatic heterocycles. The van der Waals surface area contributed by atoms with Gasteiger partial charge in [0.05, 0.1) is 6.10 Å². The van der Waals surface area contributed by atoms with Crippen molar-refractivity contribution in [3.8, 4) is 0 Å². The molecule has 0 aromatic rings. The minimum atomic E-state index is -0.245. The van der Waals surface area contributed by atoms with Gasteiger partial charge in [-0.25, -0.2) is 0 Å². The lowest BCUT2D eigenvalue weighted by Crippen LogP contribution is -2.49. The van der Waals surface area contributed by atoms with E-state index >= 15 is 0 Å². The molecule has 2 N–H and O–H groups in total. The predicted molar refractivity (Wildman–Crippen MR) is 68.6 cm³/mol. The maximum Gasteiger partial charge on any atom is 0.0791 e. The zero-order valence-corrected chi connectivity index (χ0v) is 11.2. The number of β-amino-alcohol motifs (C(OH)–C–C–N with tert-alkyl or cyclic N) is 1. The van der Waals surface area contributed by atoms with Crippen molar-refractivity contribution in [3.63, 3.8) is 0 Å². The summed E-state index contributed by atoms with van der Waals surface area (Å²) >= 11 is 0. The Morgan fingerprint density at radius 3 is 2.31 bits per heavy atom. The summed E-state index contributed by atoms with van der Waals surface area (Å²) < 4.78 is 0. The molecule has 3 heteroatoms. The fraction of sp³-hybridized carbons (Fsp3) is 1.00. The normalized spacial score (nSPS) is 29.6. The van der Waals surface area contributed by atoms with Crippen molar-refractivity contribution in [1.29, 1.82) is 0 Å². The summed E-state index contributed by atoms with van der Waals surface area (Å²) in [5.41, 5.74) is 0. The van der Waals surface area contributed by atoms with Crippen molar-refractivity contribution >= 4 is 0 Å². The number of piperidine rings is 1. The summed E-state index contributed by atoms with van der Waals surface area (Å²) in [5, 5.41) is 13.3. The van der Waals surface area contributed by atoms with Crippen LogP contribution in [0.5, 0.6) is 0 Å². The highest BCUT2D eigenvalue weighted by atomic mass is 16.3. The van der Waals surface area contributed by atoms with Crippen LogP contribution in [-0.2, 0) is 0 Å². The monoisotopic (exact) mass is 228 g/mol. The molecule has 0 saturated carbocycles. The van der Waals surface area contributed by atoms with E-state index in [1.54, 1.807) is 0 Å². The largest absolute Gasteiger partial charge is 0.390 e. The molecule has 0 aliphatic carbocycles. The lowest BCUT2D eigenvalue weighted by atomic mass is 9.97. The molecule has 1 rings (SSSR count). The van der Waals surface area contributed by atoms with Crippen molar-refractivity contribution in [3.05, 3.63) is 0 Å². The molecule has 0 amide bonds. The van der Waals surface area contributed by atoms with E-state index in [0.717, 1.165) is 6.54 Å². The molecule has 0 aromatic carbocycles. The van der Waals surface area contributed by atoms with Crippen LogP contribution in [0, 0.1) is 0 Å². The molecular formula is C13H28N2O. The summed E-state index contributed by atoms with van der Waals surface area (Å²) in [4.78, 5) is 2.45. The van der Waals surface area contributed by atoms with Gasteiger partial charge in [0.2, 0.25) is 0 Å². The van der Waals surface area contributed by atoms with Crippen LogP contribution in [0.2, 0.25) is 0 Å². The quantitative estimate of drug-likeness (QED) is 0.750. The summed E-state index contributed by atoms with van der Waals surface area (Å²) in [7, 11) is 0. The van der Waals surface area contributed by atoms with Crippen molar-refractivity contribution in [2.45, 2.75) is 71.2 Å². The molecule has 0 radical (unpaired) electrons. The van der Waals surface area contributed by atoms with E-state index in [-0.39, 0.29) is 6.10 Å². The molecule has 1 fully saturated rings. The fourth-order valence-corrected chi connectivity index (χ4v) is 2.51. The lowest BCUT2D eigenvalue weighted by molar-refractivity contribution is 0.0411. The second kappa shape index (κ2) is 6.58. The van der Waals surface area contributed by atoms with Crippen molar-refractivity contribution in [2.24, 2.45) is 0 Å². The summed E-state index contributed by atoms with van der Waals surface area (Å²) in [6, 6.07) is 1.70. The second-order valence-electron chi connectivity index (χ2n) is 5.54. The van der Waals surface area contributed by atoms with Gasteiger partial charge in [-0.1, -0.05) is 20.3 Å². The molecule has 1 aliphatic heterocycles. The summed E-state index contributed by atoms with van der Waals surface area (Å²) in [5.74, 6) is 0. The Morgan fingerprint density at radius 1 is 1.25 bits per heavy atom. The number of nitrogens with one attached hydrogen (secondary N) is 1. The highest BCUT2D eigenvalue weighted by Crippen LogP contribution is 2.22. The van der Waals surface area contributed by atoms with Gasteiger partial charge in [-0.3, -0.25) is 4.90 Å². The number of hydrogen-bond acceptors (Lipinski definition) is 3. The third kappa shape index (κ3) is 4.40. The number of rotatable bonds is 5. The maximum atomic E-state index is 9.98. The van der Waals surface area contributed by atoms with Gasteiger partial charge < -0.3 is 10.4 Å². The highest BCUT2D eigenvalue weighted by Gasteiger charge is 2.26. The Balaban J connectivity index is 2.33. The summed E-state index contributed by atoms with van der Waals surface area (Å²) in [6.45, 7) is 10.3. The third-order valence-electron chi connectivity index (χ3n) is 3.56. The van der Waals surface area contributed by atoms with Crippen LogP contribution in [-0.4, -0.2) is 47.3 Å². The predicted octanol–water partition coefficient (Wildman–Crippen LogP) is 1.61. The average Bonchev–Trinajstić information content (AvgIpc) is 2.21. The van der Waals surface area contributed by atoms with E-state index < -0.39 is 0 Å². The van der Waals surface area contributed by atoms with Crippen LogP contribution in [0.4, 0.5) is 0 Å². The molecule has 0 bridgehead atoms. The van der Waals surface area contributed by atoms with Crippen LogP contribution in [0.25, 0.3) is 0 Å². The Kier molecular flexibility index (Phi) is 5.73. The van der Waals surface area contributed by atoms with Crippen molar-refractivity contribution in [1.82, 2.24) is 10.2 Å². The first-order valence-corrected chi connectivity index (χ1v) is 6.68. The standard InChI is InChI=1S/C13H28N2O/c1-10(2)14-8-13(16)9-15-11(3)6-5-7-12(15)4/h10-14,16H,5-9H2,1-4H3/t11-,12+,13?.